The molecule has 1 aliphatic carbocycles. The van der Waals surface area contributed by atoms with E-state index in [2.05, 4.69) is 17.4 Å². The average Bonchev–Trinajstić information content (AvgIpc) is 3.37. The smallest absolute Gasteiger partial charge is 0.220 e. The number of nitrogens with one attached hydrogen (secondary N) is 1. The Bertz CT molecular complexity index is 637. The fourth-order valence-corrected chi connectivity index (χ4v) is 2.76. The van der Waals surface area contributed by atoms with Crippen LogP contribution in [0.3, 0.4) is 0 Å². The standard InChI is InChI=1S/C19H20FNO/c20-17-9-5-4-6-14(17)12-13-18(22)21-19(16-10-11-16)15-7-2-1-3-8-15/h1-9,16,19H,10-13H2,(H,21,22). The summed E-state index contributed by atoms with van der Waals surface area (Å²) in [6.07, 6.45) is 3.07. The van der Waals surface area contributed by atoms with Crippen molar-refractivity contribution in [3.63, 3.8) is 0 Å². The molecule has 0 radical (unpaired) electrons. The normalized spacial score (nSPS) is 15.3. The lowest BCUT2D eigenvalue weighted by Crippen LogP contribution is -2.30. The van der Waals surface area contributed by atoms with Gasteiger partial charge in [0.25, 0.3) is 0 Å². The third kappa shape index (κ3) is 3.73. The number of hydrogen-bond donors (Lipinski definition) is 1. The SMILES string of the molecule is O=C(CCc1ccccc1F)NC(c1ccccc1)C1CC1. The van der Waals surface area contributed by atoms with Crippen LogP contribution in [-0.4, -0.2) is 5.91 Å². The highest BCUT2D eigenvalue weighted by Crippen LogP contribution is 2.40. The van der Waals surface area contributed by atoms with E-state index in [1.807, 2.05) is 18.2 Å². The zero-order valence-corrected chi connectivity index (χ0v) is 12.5. The lowest BCUT2D eigenvalue weighted by molar-refractivity contribution is -0.122. The molecule has 1 atom stereocenters. The number of hydrogen-bond acceptors (Lipinski definition) is 1. The number of carbonyl (C=O) groups excluding carboxylic acids is 1. The van der Waals surface area contributed by atoms with Gasteiger partial charge in [0, 0.05) is 6.42 Å². The molecule has 1 unspecified atom stereocenters. The fourth-order valence-electron chi connectivity index (χ4n) is 2.76. The summed E-state index contributed by atoms with van der Waals surface area (Å²) in [6.45, 7) is 0. The molecule has 2 nitrogen and oxygen atoms in total. The number of rotatable bonds is 6. The van der Waals surface area contributed by atoms with Crippen LogP contribution in [0.15, 0.2) is 54.6 Å². The van der Waals surface area contributed by atoms with E-state index in [0.717, 1.165) is 18.4 Å². The number of benzene rings is 2. The molecule has 22 heavy (non-hydrogen) atoms. The first-order valence-corrected chi connectivity index (χ1v) is 7.82. The van der Waals surface area contributed by atoms with Gasteiger partial charge in [-0.15, -0.1) is 0 Å². The van der Waals surface area contributed by atoms with Crippen LogP contribution in [0.2, 0.25) is 0 Å². The zero-order chi connectivity index (χ0) is 15.4. The van der Waals surface area contributed by atoms with Gasteiger partial charge in [-0.1, -0.05) is 48.5 Å². The third-order valence-corrected chi connectivity index (χ3v) is 4.15. The van der Waals surface area contributed by atoms with Gasteiger partial charge in [-0.05, 0) is 42.4 Å². The molecular formula is C19H20FNO. The van der Waals surface area contributed by atoms with Crippen LogP contribution in [0.25, 0.3) is 0 Å². The van der Waals surface area contributed by atoms with Gasteiger partial charge in [0.05, 0.1) is 6.04 Å². The number of amides is 1. The fraction of sp³-hybridized carbons (Fsp3) is 0.316. The van der Waals surface area contributed by atoms with Crippen LogP contribution in [-0.2, 0) is 11.2 Å². The Morgan fingerprint density at radius 2 is 1.77 bits per heavy atom. The number of halogens is 1. The summed E-state index contributed by atoms with van der Waals surface area (Å²) >= 11 is 0. The van der Waals surface area contributed by atoms with Crippen LogP contribution in [0.4, 0.5) is 4.39 Å². The van der Waals surface area contributed by atoms with E-state index in [9.17, 15) is 9.18 Å². The summed E-state index contributed by atoms with van der Waals surface area (Å²) in [7, 11) is 0. The second-order valence-electron chi connectivity index (χ2n) is 5.88. The van der Waals surface area contributed by atoms with Crippen molar-refractivity contribution in [1.29, 1.82) is 0 Å². The average molecular weight is 297 g/mol. The lowest BCUT2D eigenvalue weighted by atomic mass is 10.0. The van der Waals surface area contributed by atoms with Gasteiger partial charge in [0.2, 0.25) is 5.91 Å². The number of aryl methyl sites for hydroxylation is 1. The molecule has 1 N–H and O–H groups in total. The lowest BCUT2D eigenvalue weighted by Gasteiger charge is -2.19. The Labute approximate surface area is 130 Å². The van der Waals surface area contributed by atoms with Crippen molar-refractivity contribution in [2.75, 3.05) is 0 Å². The molecule has 2 aromatic rings. The van der Waals surface area contributed by atoms with Gasteiger partial charge in [0.1, 0.15) is 5.82 Å². The summed E-state index contributed by atoms with van der Waals surface area (Å²) in [6, 6.07) is 16.8. The summed E-state index contributed by atoms with van der Waals surface area (Å²) < 4.78 is 13.6. The molecule has 0 saturated heterocycles. The highest BCUT2D eigenvalue weighted by atomic mass is 19.1. The summed E-state index contributed by atoms with van der Waals surface area (Å²) in [5, 5.41) is 3.12. The Balaban J connectivity index is 1.59. The zero-order valence-electron chi connectivity index (χ0n) is 12.5. The molecule has 1 aliphatic rings. The van der Waals surface area contributed by atoms with Crippen molar-refractivity contribution in [3.8, 4) is 0 Å². The second kappa shape index (κ2) is 6.73. The van der Waals surface area contributed by atoms with Gasteiger partial charge in [-0.25, -0.2) is 4.39 Å². The minimum atomic E-state index is -0.239. The van der Waals surface area contributed by atoms with Crippen LogP contribution in [0, 0.1) is 11.7 Å². The minimum Gasteiger partial charge on any atom is -0.349 e. The molecule has 2 aromatic carbocycles. The molecule has 1 fully saturated rings. The first-order valence-electron chi connectivity index (χ1n) is 7.82. The van der Waals surface area contributed by atoms with Gasteiger partial charge >= 0.3 is 0 Å². The highest BCUT2D eigenvalue weighted by Gasteiger charge is 2.33. The Morgan fingerprint density at radius 3 is 2.45 bits per heavy atom. The van der Waals surface area contributed by atoms with E-state index < -0.39 is 0 Å². The van der Waals surface area contributed by atoms with E-state index in [1.165, 1.54) is 6.07 Å². The molecule has 0 aromatic heterocycles. The van der Waals surface area contributed by atoms with Crippen molar-refractivity contribution in [2.24, 2.45) is 5.92 Å². The quantitative estimate of drug-likeness (QED) is 0.857. The maximum atomic E-state index is 13.6. The maximum absolute atomic E-state index is 13.6. The Kier molecular flexibility index (Phi) is 4.52. The first kappa shape index (κ1) is 14.8. The molecule has 3 rings (SSSR count). The van der Waals surface area contributed by atoms with Crippen molar-refractivity contribution >= 4 is 5.91 Å². The van der Waals surface area contributed by atoms with Crippen LogP contribution >= 0.6 is 0 Å². The number of carbonyl (C=O) groups is 1. The van der Waals surface area contributed by atoms with Crippen molar-refractivity contribution in [2.45, 2.75) is 31.7 Å². The Hall–Kier alpha value is -2.16. The van der Waals surface area contributed by atoms with Gasteiger partial charge in [-0.3, -0.25) is 4.79 Å². The third-order valence-electron chi connectivity index (χ3n) is 4.15. The molecule has 114 valence electrons. The summed E-state index contributed by atoms with van der Waals surface area (Å²) in [4.78, 5) is 12.2. The van der Waals surface area contributed by atoms with E-state index in [0.29, 0.717) is 24.3 Å². The van der Waals surface area contributed by atoms with Crippen molar-refractivity contribution in [3.05, 3.63) is 71.5 Å². The minimum absolute atomic E-state index is 0.0102. The molecule has 0 spiro atoms. The van der Waals surface area contributed by atoms with Crippen molar-refractivity contribution < 1.29 is 9.18 Å². The molecule has 0 bridgehead atoms. The predicted octanol–water partition coefficient (Wildman–Crippen LogP) is 4.03. The van der Waals surface area contributed by atoms with Crippen LogP contribution < -0.4 is 5.32 Å². The van der Waals surface area contributed by atoms with Crippen LogP contribution in [0.5, 0.6) is 0 Å². The molecule has 3 heteroatoms. The van der Waals surface area contributed by atoms with E-state index >= 15 is 0 Å². The molecule has 1 amide bonds. The van der Waals surface area contributed by atoms with E-state index in [4.69, 9.17) is 0 Å². The highest BCUT2D eigenvalue weighted by molar-refractivity contribution is 5.76. The monoisotopic (exact) mass is 297 g/mol. The second-order valence-corrected chi connectivity index (χ2v) is 5.88. The molecular weight excluding hydrogens is 277 g/mol. The van der Waals surface area contributed by atoms with Crippen molar-refractivity contribution in [1.82, 2.24) is 5.32 Å². The summed E-state index contributed by atoms with van der Waals surface area (Å²) in [5.41, 5.74) is 1.75. The maximum Gasteiger partial charge on any atom is 0.220 e. The first-order chi connectivity index (χ1) is 10.7. The van der Waals surface area contributed by atoms with Gasteiger partial charge in [-0.2, -0.15) is 0 Å². The van der Waals surface area contributed by atoms with E-state index in [1.54, 1.807) is 18.2 Å². The van der Waals surface area contributed by atoms with Crippen LogP contribution in [0.1, 0.15) is 36.4 Å². The van der Waals surface area contributed by atoms with Gasteiger partial charge in [0.15, 0.2) is 0 Å². The summed E-state index contributed by atoms with van der Waals surface area (Å²) in [5.74, 6) is 0.293. The largest absolute Gasteiger partial charge is 0.349 e. The molecule has 0 heterocycles. The Morgan fingerprint density at radius 1 is 1.09 bits per heavy atom. The van der Waals surface area contributed by atoms with Gasteiger partial charge < -0.3 is 5.32 Å². The topological polar surface area (TPSA) is 29.1 Å². The molecule has 0 aliphatic heterocycles. The predicted molar refractivity (Wildman–Crippen MR) is 84.8 cm³/mol. The molecule has 1 saturated carbocycles. The van der Waals surface area contributed by atoms with E-state index in [-0.39, 0.29) is 17.8 Å².